The van der Waals surface area contributed by atoms with Gasteiger partial charge in [-0.25, -0.2) is 0 Å². The number of carbonyl (C=O) groups excluding carboxylic acids is 1. The Labute approximate surface area is 129 Å². The number of allylic oxidation sites excluding steroid dienone is 2. The van der Waals surface area contributed by atoms with Crippen molar-refractivity contribution in [2.45, 2.75) is 25.8 Å². The molecule has 0 aromatic heterocycles. The zero-order valence-corrected chi connectivity index (χ0v) is 12.2. The fourth-order valence-electron chi connectivity index (χ4n) is 3.05. The lowest BCUT2D eigenvalue weighted by Gasteiger charge is -2.24. The molecule has 0 saturated heterocycles. The molecule has 2 atom stereocenters. The SMILES string of the molecule is O=C(O)[C@@H]1CC=CC[C@H]1C(=O)NCc1ccc2c(c1)CCO2. The highest BCUT2D eigenvalue weighted by Gasteiger charge is 2.33. The van der Waals surface area contributed by atoms with Crippen LogP contribution in [0.4, 0.5) is 0 Å². The van der Waals surface area contributed by atoms with Gasteiger partial charge >= 0.3 is 5.97 Å². The molecule has 3 rings (SSSR count). The Morgan fingerprint density at radius 3 is 2.77 bits per heavy atom. The topological polar surface area (TPSA) is 75.6 Å². The molecule has 1 aliphatic carbocycles. The Morgan fingerprint density at radius 2 is 2.00 bits per heavy atom. The lowest BCUT2D eigenvalue weighted by molar-refractivity contribution is -0.147. The second-order valence-electron chi connectivity index (χ2n) is 5.75. The summed E-state index contributed by atoms with van der Waals surface area (Å²) < 4.78 is 5.45. The molecule has 22 heavy (non-hydrogen) atoms. The molecular formula is C17H19NO4. The fourth-order valence-corrected chi connectivity index (χ4v) is 3.05. The van der Waals surface area contributed by atoms with E-state index < -0.39 is 17.8 Å². The van der Waals surface area contributed by atoms with Crippen LogP contribution in [0, 0.1) is 11.8 Å². The molecule has 0 saturated carbocycles. The molecule has 0 radical (unpaired) electrons. The van der Waals surface area contributed by atoms with Gasteiger partial charge in [0.15, 0.2) is 0 Å². The van der Waals surface area contributed by atoms with Gasteiger partial charge in [-0.05, 0) is 30.0 Å². The number of carbonyl (C=O) groups is 2. The van der Waals surface area contributed by atoms with Crippen LogP contribution < -0.4 is 10.1 Å². The van der Waals surface area contributed by atoms with Crippen molar-refractivity contribution < 1.29 is 19.4 Å². The highest BCUT2D eigenvalue weighted by Crippen LogP contribution is 2.27. The van der Waals surface area contributed by atoms with Gasteiger partial charge in [-0.15, -0.1) is 0 Å². The van der Waals surface area contributed by atoms with Crippen LogP contribution in [-0.2, 0) is 22.6 Å². The van der Waals surface area contributed by atoms with Crippen LogP contribution in [0.3, 0.4) is 0 Å². The van der Waals surface area contributed by atoms with Crippen molar-refractivity contribution >= 4 is 11.9 Å². The standard InChI is InChI=1S/C17H19NO4/c19-16(13-3-1-2-4-14(13)17(20)21)18-10-11-5-6-15-12(9-11)7-8-22-15/h1-2,5-6,9,13-14H,3-4,7-8,10H2,(H,18,19)(H,20,21)/t13-,14-/m1/s1. The third-order valence-corrected chi connectivity index (χ3v) is 4.31. The number of amides is 1. The third kappa shape index (κ3) is 2.98. The summed E-state index contributed by atoms with van der Waals surface area (Å²) in [5.74, 6) is -1.29. The second kappa shape index (κ2) is 6.22. The van der Waals surface area contributed by atoms with Gasteiger partial charge in [-0.1, -0.05) is 24.3 Å². The number of ether oxygens (including phenoxy) is 1. The fraction of sp³-hybridized carbons (Fsp3) is 0.412. The van der Waals surface area contributed by atoms with Crippen molar-refractivity contribution in [1.82, 2.24) is 5.32 Å². The van der Waals surface area contributed by atoms with E-state index in [-0.39, 0.29) is 5.91 Å². The Bertz CT molecular complexity index is 623. The smallest absolute Gasteiger partial charge is 0.307 e. The number of rotatable bonds is 4. The van der Waals surface area contributed by atoms with Crippen molar-refractivity contribution in [3.05, 3.63) is 41.5 Å². The lowest BCUT2D eigenvalue weighted by atomic mass is 9.82. The number of aliphatic carboxylic acids is 1. The van der Waals surface area contributed by atoms with E-state index in [2.05, 4.69) is 5.32 Å². The molecule has 1 aromatic carbocycles. The van der Waals surface area contributed by atoms with Crippen LogP contribution in [0.5, 0.6) is 5.75 Å². The van der Waals surface area contributed by atoms with Gasteiger partial charge in [-0.2, -0.15) is 0 Å². The normalized spacial score (nSPS) is 22.7. The molecule has 1 aliphatic heterocycles. The second-order valence-corrected chi connectivity index (χ2v) is 5.75. The maximum atomic E-state index is 12.3. The number of fused-ring (bicyclic) bond motifs is 1. The van der Waals surface area contributed by atoms with E-state index in [4.69, 9.17) is 4.74 Å². The average molecular weight is 301 g/mol. The zero-order chi connectivity index (χ0) is 15.5. The number of carboxylic acids is 1. The summed E-state index contributed by atoms with van der Waals surface area (Å²) in [6.45, 7) is 1.12. The number of hydrogen-bond acceptors (Lipinski definition) is 3. The van der Waals surface area contributed by atoms with E-state index in [1.54, 1.807) is 0 Å². The summed E-state index contributed by atoms with van der Waals surface area (Å²) >= 11 is 0. The number of benzene rings is 1. The summed E-state index contributed by atoms with van der Waals surface area (Å²) in [7, 11) is 0. The van der Waals surface area contributed by atoms with Crippen molar-refractivity contribution in [2.24, 2.45) is 11.8 Å². The Hall–Kier alpha value is -2.30. The summed E-state index contributed by atoms with van der Waals surface area (Å²) in [4.78, 5) is 23.5. The van der Waals surface area contributed by atoms with Gasteiger partial charge in [0, 0.05) is 13.0 Å². The van der Waals surface area contributed by atoms with Crippen molar-refractivity contribution in [1.29, 1.82) is 0 Å². The molecular weight excluding hydrogens is 282 g/mol. The molecule has 2 aliphatic rings. The predicted octanol–water partition coefficient (Wildman–Crippen LogP) is 1.90. The van der Waals surface area contributed by atoms with E-state index in [1.165, 1.54) is 0 Å². The van der Waals surface area contributed by atoms with E-state index in [0.717, 1.165) is 23.3 Å². The maximum absolute atomic E-state index is 12.3. The van der Waals surface area contributed by atoms with E-state index in [1.807, 2.05) is 30.4 Å². The summed E-state index contributed by atoms with van der Waals surface area (Å²) in [6, 6.07) is 5.89. The molecule has 0 unspecified atom stereocenters. The van der Waals surface area contributed by atoms with Gasteiger partial charge in [0.05, 0.1) is 18.4 Å². The first kappa shape index (κ1) is 14.6. The molecule has 2 N–H and O–H groups in total. The summed E-state index contributed by atoms with van der Waals surface area (Å²) in [6.07, 6.45) is 5.52. The summed E-state index contributed by atoms with van der Waals surface area (Å²) in [5, 5.41) is 12.1. The zero-order valence-electron chi connectivity index (χ0n) is 12.2. The van der Waals surface area contributed by atoms with Crippen LogP contribution in [-0.4, -0.2) is 23.6 Å². The minimum atomic E-state index is -0.904. The largest absolute Gasteiger partial charge is 0.493 e. The average Bonchev–Trinajstić information content (AvgIpc) is 3.00. The third-order valence-electron chi connectivity index (χ3n) is 4.31. The molecule has 0 bridgehead atoms. The molecule has 116 valence electrons. The Morgan fingerprint density at radius 1 is 1.23 bits per heavy atom. The van der Waals surface area contributed by atoms with E-state index in [0.29, 0.717) is 26.0 Å². The predicted molar refractivity (Wildman–Crippen MR) is 80.5 cm³/mol. The monoisotopic (exact) mass is 301 g/mol. The molecule has 0 spiro atoms. The first-order valence-corrected chi connectivity index (χ1v) is 7.55. The van der Waals surface area contributed by atoms with Crippen LogP contribution in [0.1, 0.15) is 24.0 Å². The maximum Gasteiger partial charge on any atom is 0.307 e. The van der Waals surface area contributed by atoms with Gasteiger partial charge in [-0.3, -0.25) is 9.59 Å². The van der Waals surface area contributed by atoms with Crippen molar-refractivity contribution in [3.63, 3.8) is 0 Å². The first-order chi connectivity index (χ1) is 10.6. The lowest BCUT2D eigenvalue weighted by Crippen LogP contribution is -2.38. The van der Waals surface area contributed by atoms with E-state index in [9.17, 15) is 14.7 Å². The molecule has 0 fully saturated rings. The number of nitrogens with one attached hydrogen (secondary N) is 1. The van der Waals surface area contributed by atoms with Gasteiger partial charge in [0.2, 0.25) is 5.91 Å². The van der Waals surface area contributed by atoms with Crippen LogP contribution in [0.2, 0.25) is 0 Å². The highest BCUT2D eigenvalue weighted by atomic mass is 16.5. The van der Waals surface area contributed by atoms with Gasteiger partial charge in [0.1, 0.15) is 5.75 Å². The number of hydrogen-bond donors (Lipinski definition) is 2. The highest BCUT2D eigenvalue weighted by molar-refractivity contribution is 5.85. The first-order valence-electron chi connectivity index (χ1n) is 7.55. The van der Waals surface area contributed by atoms with Gasteiger partial charge in [0.25, 0.3) is 0 Å². The molecule has 5 heteroatoms. The van der Waals surface area contributed by atoms with Crippen LogP contribution in [0.15, 0.2) is 30.4 Å². The quantitative estimate of drug-likeness (QED) is 0.833. The Kier molecular flexibility index (Phi) is 4.13. The van der Waals surface area contributed by atoms with Crippen molar-refractivity contribution in [2.75, 3.05) is 6.61 Å². The summed E-state index contributed by atoms with van der Waals surface area (Å²) in [5.41, 5.74) is 2.17. The minimum Gasteiger partial charge on any atom is -0.493 e. The van der Waals surface area contributed by atoms with Crippen molar-refractivity contribution in [3.8, 4) is 5.75 Å². The molecule has 1 aromatic rings. The van der Waals surface area contributed by atoms with Crippen LogP contribution >= 0.6 is 0 Å². The molecule has 1 amide bonds. The van der Waals surface area contributed by atoms with Crippen LogP contribution in [0.25, 0.3) is 0 Å². The Balaban J connectivity index is 1.62. The molecule has 1 heterocycles. The number of carboxylic acid groups (broad SMARTS) is 1. The molecule has 5 nitrogen and oxygen atoms in total. The van der Waals surface area contributed by atoms with E-state index >= 15 is 0 Å². The van der Waals surface area contributed by atoms with Gasteiger partial charge < -0.3 is 15.2 Å². The minimum absolute atomic E-state index is 0.187.